The number of nitrogens with one attached hydrogen (secondary N) is 1. The van der Waals surface area contributed by atoms with Crippen LogP contribution in [0.25, 0.3) is 0 Å². The average molecular weight is 335 g/mol. The Balaban J connectivity index is 1.60. The first-order chi connectivity index (χ1) is 12.0. The van der Waals surface area contributed by atoms with Crippen molar-refractivity contribution in [3.8, 4) is 0 Å². The second kappa shape index (κ2) is 7.30. The average Bonchev–Trinajstić information content (AvgIpc) is 3.00. The molecule has 1 amide bonds. The van der Waals surface area contributed by atoms with Crippen molar-refractivity contribution < 1.29 is 9.21 Å². The number of rotatable bonds is 5. The topological polar surface area (TPSA) is 68.0 Å². The number of hydrogen-bond acceptors (Lipinski definition) is 4. The molecule has 1 aromatic heterocycles. The van der Waals surface area contributed by atoms with Crippen LogP contribution in [0.4, 0.5) is 6.01 Å². The number of hydrogen-bond donors (Lipinski definition) is 1. The van der Waals surface area contributed by atoms with Gasteiger partial charge in [0.25, 0.3) is 0 Å². The summed E-state index contributed by atoms with van der Waals surface area (Å²) in [4.78, 5) is 12.1. The van der Waals surface area contributed by atoms with E-state index in [-0.39, 0.29) is 18.3 Å². The second-order valence-corrected chi connectivity index (χ2v) is 6.31. The molecule has 5 nitrogen and oxygen atoms in total. The van der Waals surface area contributed by atoms with Gasteiger partial charge in [0.2, 0.25) is 11.8 Å². The minimum atomic E-state index is -0.176. The molecule has 1 heterocycles. The normalized spacial score (nSPS) is 10.7. The van der Waals surface area contributed by atoms with Gasteiger partial charge in [-0.3, -0.25) is 10.1 Å². The van der Waals surface area contributed by atoms with Crippen LogP contribution in [-0.2, 0) is 17.6 Å². The van der Waals surface area contributed by atoms with Crippen LogP contribution in [0.1, 0.15) is 33.7 Å². The Morgan fingerprint density at radius 1 is 0.960 bits per heavy atom. The van der Waals surface area contributed by atoms with Gasteiger partial charge in [0.05, 0.1) is 12.8 Å². The van der Waals surface area contributed by atoms with Crippen molar-refractivity contribution in [3.05, 3.63) is 76.2 Å². The van der Waals surface area contributed by atoms with Crippen molar-refractivity contribution in [2.45, 2.75) is 33.6 Å². The van der Waals surface area contributed by atoms with Gasteiger partial charge in [-0.15, -0.1) is 5.10 Å². The van der Waals surface area contributed by atoms with E-state index in [4.69, 9.17) is 4.42 Å². The van der Waals surface area contributed by atoms with E-state index in [1.54, 1.807) is 0 Å². The molecule has 3 aromatic rings. The van der Waals surface area contributed by atoms with E-state index < -0.39 is 0 Å². The van der Waals surface area contributed by atoms with Crippen LogP contribution in [0.15, 0.2) is 46.9 Å². The Kier molecular flexibility index (Phi) is 4.93. The Labute approximate surface area is 147 Å². The predicted octanol–water partition coefficient (Wildman–Crippen LogP) is 3.77. The minimum Gasteiger partial charge on any atom is -0.407 e. The van der Waals surface area contributed by atoms with Gasteiger partial charge in [0.1, 0.15) is 0 Å². The Bertz CT molecular complexity index is 882. The van der Waals surface area contributed by atoms with Crippen LogP contribution < -0.4 is 5.32 Å². The van der Waals surface area contributed by atoms with Crippen molar-refractivity contribution in [1.82, 2.24) is 10.2 Å². The van der Waals surface area contributed by atoms with Gasteiger partial charge >= 0.3 is 6.01 Å². The number of aromatic nitrogens is 2. The lowest BCUT2D eigenvalue weighted by Crippen LogP contribution is -2.14. The van der Waals surface area contributed by atoms with Crippen LogP contribution in [0.2, 0.25) is 0 Å². The van der Waals surface area contributed by atoms with Gasteiger partial charge in [-0.2, -0.15) is 0 Å². The zero-order valence-electron chi connectivity index (χ0n) is 14.7. The highest BCUT2D eigenvalue weighted by molar-refractivity contribution is 5.90. The van der Waals surface area contributed by atoms with E-state index in [1.165, 1.54) is 11.1 Å². The molecule has 128 valence electrons. The van der Waals surface area contributed by atoms with Crippen molar-refractivity contribution in [2.75, 3.05) is 5.32 Å². The molecule has 0 bridgehead atoms. The van der Waals surface area contributed by atoms with Crippen LogP contribution in [0.5, 0.6) is 0 Å². The number of carbonyl (C=O) groups excluding carboxylic acids is 1. The summed E-state index contributed by atoms with van der Waals surface area (Å²) < 4.78 is 5.53. The number of anilines is 1. The maximum Gasteiger partial charge on any atom is 0.322 e. The molecule has 0 unspecified atom stereocenters. The first-order valence-electron chi connectivity index (χ1n) is 8.23. The molecule has 1 N–H and O–H groups in total. The van der Waals surface area contributed by atoms with Gasteiger partial charge in [-0.1, -0.05) is 53.1 Å². The standard InChI is InChI=1S/C20H21N3O2/c1-13-4-7-16(8-5-13)11-18(24)21-20-23-22-19(25-20)12-17-9-6-14(2)15(3)10-17/h4-10H,11-12H2,1-3H3,(H,21,23,24). The van der Waals surface area contributed by atoms with E-state index in [0.717, 1.165) is 16.7 Å². The number of nitrogens with zero attached hydrogens (tertiary/aromatic N) is 2. The molecular weight excluding hydrogens is 314 g/mol. The van der Waals surface area contributed by atoms with Gasteiger partial charge in [0.15, 0.2) is 0 Å². The molecule has 0 aliphatic carbocycles. The van der Waals surface area contributed by atoms with Gasteiger partial charge in [-0.25, -0.2) is 0 Å². The molecule has 0 saturated heterocycles. The highest BCUT2D eigenvalue weighted by Crippen LogP contribution is 2.15. The minimum absolute atomic E-state index is 0.135. The molecule has 25 heavy (non-hydrogen) atoms. The van der Waals surface area contributed by atoms with Crippen molar-refractivity contribution in [3.63, 3.8) is 0 Å². The number of amides is 1. The maximum absolute atomic E-state index is 12.1. The fourth-order valence-electron chi connectivity index (χ4n) is 2.52. The Hall–Kier alpha value is -2.95. The van der Waals surface area contributed by atoms with Gasteiger partial charge in [-0.05, 0) is 43.0 Å². The third-order valence-corrected chi connectivity index (χ3v) is 4.13. The summed E-state index contributed by atoms with van der Waals surface area (Å²) in [5.74, 6) is 0.305. The van der Waals surface area contributed by atoms with Crippen molar-refractivity contribution in [1.29, 1.82) is 0 Å². The van der Waals surface area contributed by atoms with Gasteiger partial charge < -0.3 is 4.42 Å². The molecule has 0 fully saturated rings. The second-order valence-electron chi connectivity index (χ2n) is 6.31. The van der Waals surface area contributed by atoms with Crippen LogP contribution in [0, 0.1) is 20.8 Å². The molecule has 0 aliphatic heterocycles. The van der Waals surface area contributed by atoms with E-state index in [1.807, 2.05) is 37.3 Å². The van der Waals surface area contributed by atoms with Crippen LogP contribution >= 0.6 is 0 Å². The zero-order chi connectivity index (χ0) is 17.8. The van der Waals surface area contributed by atoms with Gasteiger partial charge in [0, 0.05) is 0 Å². The van der Waals surface area contributed by atoms with Crippen molar-refractivity contribution >= 4 is 11.9 Å². The monoisotopic (exact) mass is 335 g/mol. The fourth-order valence-corrected chi connectivity index (χ4v) is 2.52. The van der Waals surface area contributed by atoms with Crippen molar-refractivity contribution in [2.24, 2.45) is 0 Å². The SMILES string of the molecule is Cc1ccc(CC(=O)Nc2nnc(Cc3ccc(C)c(C)c3)o2)cc1. The van der Waals surface area contributed by atoms with Crippen LogP contribution in [0.3, 0.4) is 0 Å². The number of aryl methyl sites for hydroxylation is 3. The van der Waals surface area contributed by atoms with E-state index >= 15 is 0 Å². The summed E-state index contributed by atoms with van der Waals surface area (Å²) in [5, 5.41) is 10.6. The summed E-state index contributed by atoms with van der Waals surface area (Å²) >= 11 is 0. The summed E-state index contributed by atoms with van der Waals surface area (Å²) in [6, 6.07) is 14.2. The highest BCUT2D eigenvalue weighted by atomic mass is 16.4. The lowest BCUT2D eigenvalue weighted by Gasteiger charge is -2.03. The van der Waals surface area contributed by atoms with E-state index in [9.17, 15) is 4.79 Å². The smallest absolute Gasteiger partial charge is 0.322 e. The first kappa shape index (κ1) is 16.9. The summed E-state index contributed by atoms with van der Waals surface area (Å²) in [6.45, 7) is 6.16. The molecule has 5 heteroatoms. The Morgan fingerprint density at radius 2 is 1.68 bits per heavy atom. The predicted molar refractivity (Wildman–Crippen MR) is 96.5 cm³/mol. The maximum atomic E-state index is 12.1. The molecule has 0 atom stereocenters. The summed E-state index contributed by atoms with van der Waals surface area (Å²) in [7, 11) is 0. The summed E-state index contributed by atoms with van der Waals surface area (Å²) in [5.41, 5.74) is 5.68. The molecule has 3 rings (SSSR count). The third-order valence-electron chi connectivity index (χ3n) is 4.13. The van der Waals surface area contributed by atoms with E-state index in [0.29, 0.717) is 12.3 Å². The third kappa shape index (κ3) is 4.53. The fraction of sp³-hybridized carbons (Fsp3) is 0.250. The first-order valence-corrected chi connectivity index (χ1v) is 8.23. The Morgan fingerprint density at radius 3 is 2.40 bits per heavy atom. The van der Waals surface area contributed by atoms with Crippen LogP contribution in [-0.4, -0.2) is 16.1 Å². The number of benzene rings is 2. The zero-order valence-corrected chi connectivity index (χ0v) is 14.7. The molecule has 0 radical (unpaired) electrons. The molecular formula is C20H21N3O2. The van der Waals surface area contributed by atoms with E-state index in [2.05, 4.69) is 41.5 Å². The lowest BCUT2D eigenvalue weighted by molar-refractivity contribution is -0.115. The molecule has 0 aliphatic rings. The number of carbonyl (C=O) groups is 1. The molecule has 0 spiro atoms. The quantitative estimate of drug-likeness (QED) is 0.771. The highest BCUT2D eigenvalue weighted by Gasteiger charge is 2.11. The largest absolute Gasteiger partial charge is 0.407 e. The molecule has 2 aromatic carbocycles. The lowest BCUT2D eigenvalue weighted by atomic mass is 10.0. The molecule has 0 saturated carbocycles. The summed E-state index contributed by atoms with van der Waals surface area (Å²) in [6.07, 6.45) is 0.817.